The molecule has 1 rings (SSSR count). The molecule has 0 aromatic carbocycles. The lowest BCUT2D eigenvalue weighted by Crippen LogP contribution is -2.16. The van der Waals surface area contributed by atoms with Gasteiger partial charge in [-0.15, -0.1) is 0 Å². The molecule has 0 saturated heterocycles. The van der Waals surface area contributed by atoms with E-state index in [-0.39, 0.29) is 0 Å². The molecule has 0 unspecified atom stereocenters. The van der Waals surface area contributed by atoms with Gasteiger partial charge in [-0.25, -0.2) is 0 Å². The minimum absolute atomic E-state index is 0.868. The van der Waals surface area contributed by atoms with Crippen LogP contribution in [0.2, 0.25) is 0 Å². The van der Waals surface area contributed by atoms with Crippen molar-refractivity contribution in [1.82, 2.24) is 0 Å². The molecule has 0 aromatic rings. The van der Waals surface area contributed by atoms with Crippen LogP contribution in [0.1, 0.15) is 51.4 Å². The topological polar surface area (TPSA) is 52.0 Å². The van der Waals surface area contributed by atoms with Crippen LogP contribution in [0.25, 0.3) is 0 Å². The van der Waals surface area contributed by atoms with Crippen LogP contribution in [0.3, 0.4) is 0 Å². The molecule has 0 spiro atoms. The molecule has 0 heterocycles. The van der Waals surface area contributed by atoms with Gasteiger partial charge in [-0.05, 0) is 50.6 Å². The molecule has 1 aliphatic rings. The number of hydrogen-bond acceptors (Lipinski definition) is 2. The molecule has 1 saturated carbocycles. The first-order chi connectivity index (χ1) is 6.86. The van der Waals surface area contributed by atoms with E-state index in [1.54, 1.807) is 0 Å². The molecule has 2 heteroatoms. The third kappa shape index (κ3) is 4.43. The summed E-state index contributed by atoms with van der Waals surface area (Å²) in [6, 6.07) is 0. The molecule has 0 radical (unpaired) electrons. The Kier molecular flexibility index (Phi) is 6.20. The van der Waals surface area contributed by atoms with E-state index in [0.29, 0.717) is 0 Å². The summed E-state index contributed by atoms with van der Waals surface area (Å²) in [5, 5.41) is 0. The van der Waals surface area contributed by atoms with Crippen LogP contribution in [-0.2, 0) is 0 Å². The second-order valence-corrected chi connectivity index (χ2v) is 4.75. The lowest BCUT2D eigenvalue weighted by molar-refractivity contribution is 0.249. The van der Waals surface area contributed by atoms with E-state index in [1.165, 1.54) is 51.4 Å². The van der Waals surface area contributed by atoms with Crippen molar-refractivity contribution in [2.24, 2.45) is 23.3 Å². The maximum Gasteiger partial charge on any atom is -0.00772 e. The predicted octanol–water partition coefficient (Wildman–Crippen LogP) is 2.27. The highest BCUT2D eigenvalue weighted by Crippen LogP contribution is 2.33. The Balaban J connectivity index is 2.05. The van der Waals surface area contributed by atoms with Gasteiger partial charge in [-0.2, -0.15) is 0 Å². The normalized spacial score (nSPS) is 27.9. The monoisotopic (exact) mass is 198 g/mol. The number of rotatable bonds is 6. The summed E-state index contributed by atoms with van der Waals surface area (Å²) in [5.74, 6) is 1.96. The summed E-state index contributed by atoms with van der Waals surface area (Å²) in [6.07, 6.45) is 10.9. The van der Waals surface area contributed by atoms with E-state index in [4.69, 9.17) is 11.5 Å². The van der Waals surface area contributed by atoms with E-state index >= 15 is 0 Å². The molecule has 0 aromatic heterocycles. The standard InChI is InChI=1S/C12H26N2/c13-9-1-3-11-5-7-12(8-6-11)4-2-10-14/h11-12H,1-10,13-14H2. The minimum Gasteiger partial charge on any atom is -0.330 e. The van der Waals surface area contributed by atoms with Gasteiger partial charge in [0.15, 0.2) is 0 Å². The Bertz CT molecular complexity index is 112. The summed E-state index contributed by atoms with van der Waals surface area (Å²) < 4.78 is 0. The summed E-state index contributed by atoms with van der Waals surface area (Å²) in [6.45, 7) is 1.74. The maximum atomic E-state index is 5.52. The van der Waals surface area contributed by atoms with Crippen molar-refractivity contribution in [2.75, 3.05) is 13.1 Å². The molecule has 4 N–H and O–H groups in total. The fraction of sp³-hybridized carbons (Fsp3) is 1.00. The third-order valence-electron chi connectivity index (χ3n) is 3.60. The molecule has 0 aliphatic heterocycles. The number of hydrogen-bond donors (Lipinski definition) is 2. The van der Waals surface area contributed by atoms with Gasteiger partial charge < -0.3 is 11.5 Å². The van der Waals surface area contributed by atoms with Crippen LogP contribution in [0.5, 0.6) is 0 Å². The highest BCUT2D eigenvalue weighted by Gasteiger charge is 2.19. The molecule has 1 aliphatic carbocycles. The summed E-state index contributed by atoms with van der Waals surface area (Å²) in [5.41, 5.74) is 11.0. The molecule has 0 bridgehead atoms. The lowest BCUT2D eigenvalue weighted by Gasteiger charge is -2.28. The summed E-state index contributed by atoms with van der Waals surface area (Å²) >= 11 is 0. The van der Waals surface area contributed by atoms with Gasteiger partial charge in [-0.1, -0.05) is 25.7 Å². The van der Waals surface area contributed by atoms with Crippen molar-refractivity contribution in [2.45, 2.75) is 51.4 Å². The fourth-order valence-electron chi connectivity index (χ4n) is 2.62. The SMILES string of the molecule is NCCCC1CCC(CCCN)CC1. The smallest absolute Gasteiger partial charge is 0.00772 e. The summed E-state index contributed by atoms with van der Waals surface area (Å²) in [4.78, 5) is 0. The van der Waals surface area contributed by atoms with Crippen LogP contribution in [0.4, 0.5) is 0 Å². The first-order valence-electron chi connectivity index (χ1n) is 6.27. The zero-order valence-corrected chi connectivity index (χ0v) is 9.38. The van der Waals surface area contributed by atoms with Crippen LogP contribution in [0, 0.1) is 11.8 Å². The Morgan fingerprint density at radius 2 is 1.07 bits per heavy atom. The zero-order chi connectivity index (χ0) is 10.2. The first-order valence-corrected chi connectivity index (χ1v) is 6.27. The molecule has 1 fully saturated rings. The van der Waals surface area contributed by atoms with E-state index in [2.05, 4.69) is 0 Å². The van der Waals surface area contributed by atoms with E-state index < -0.39 is 0 Å². The van der Waals surface area contributed by atoms with E-state index in [1.807, 2.05) is 0 Å². The largest absolute Gasteiger partial charge is 0.330 e. The molecule has 84 valence electrons. The molecule has 2 nitrogen and oxygen atoms in total. The van der Waals surface area contributed by atoms with Gasteiger partial charge in [-0.3, -0.25) is 0 Å². The molecule has 0 atom stereocenters. The van der Waals surface area contributed by atoms with Gasteiger partial charge in [0.05, 0.1) is 0 Å². The highest BCUT2D eigenvalue weighted by molar-refractivity contribution is 4.72. The van der Waals surface area contributed by atoms with E-state index in [9.17, 15) is 0 Å². The third-order valence-corrected chi connectivity index (χ3v) is 3.60. The first kappa shape index (κ1) is 12.0. The molecule has 0 amide bonds. The lowest BCUT2D eigenvalue weighted by atomic mass is 9.78. The van der Waals surface area contributed by atoms with Gasteiger partial charge >= 0.3 is 0 Å². The average Bonchev–Trinajstić information content (AvgIpc) is 2.25. The Labute approximate surface area is 88.4 Å². The Morgan fingerprint density at radius 3 is 1.36 bits per heavy atom. The minimum atomic E-state index is 0.868. The van der Waals surface area contributed by atoms with Crippen LogP contribution >= 0.6 is 0 Å². The zero-order valence-electron chi connectivity index (χ0n) is 9.38. The van der Waals surface area contributed by atoms with Crippen molar-refractivity contribution in [3.8, 4) is 0 Å². The average molecular weight is 198 g/mol. The quantitative estimate of drug-likeness (QED) is 0.688. The highest BCUT2D eigenvalue weighted by atomic mass is 14.5. The Morgan fingerprint density at radius 1 is 0.714 bits per heavy atom. The van der Waals surface area contributed by atoms with Crippen LogP contribution in [-0.4, -0.2) is 13.1 Å². The molecular weight excluding hydrogens is 172 g/mol. The van der Waals surface area contributed by atoms with Crippen LogP contribution in [0.15, 0.2) is 0 Å². The van der Waals surface area contributed by atoms with Crippen molar-refractivity contribution in [3.05, 3.63) is 0 Å². The second-order valence-electron chi connectivity index (χ2n) is 4.75. The van der Waals surface area contributed by atoms with Gasteiger partial charge in [0, 0.05) is 0 Å². The van der Waals surface area contributed by atoms with Crippen molar-refractivity contribution in [1.29, 1.82) is 0 Å². The van der Waals surface area contributed by atoms with Gasteiger partial charge in [0.2, 0.25) is 0 Å². The van der Waals surface area contributed by atoms with Gasteiger partial charge in [0.25, 0.3) is 0 Å². The van der Waals surface area contributed by atoms with E-state index in [0.717, 1.165) is 24.9 Å². The second kappa shape index (κ2) is 7.24. The predicted molar refractivity (Wildman–Crippen MR) is 62.0 cm³/mol. The maximum absolute atomic E-state index is 5.52. The van der Waals surface area contributed by atoms with Gasteiger partial charge in [0.1, 0.15) is 0 Å². The molecule has 14 heavy (non-hydrogen) atoms. The molecular formula is C12H26N2. The number of nitrogens with two attached hydrogens (primary N) is 2. The fourth-order valence-corrected chi connectivity index (χ4v) is 2.62. The van der Waals surface area contributed by atoms with Crippen LogP contribution < -0.4 is 11.5 Å². The van der Waals surface area contributed by atoms with Crippen molar-refractivity contribution < 1.29 is 0 Å². The summed E-state index contributed by atoms with van der Waals surface area (Å²) in [7, 11) is 0. The van der Waals surface area contributed by atoms with Crippen molar-refractivity contribution >= 4 is 0 Å². The van der Waals surface area contributed by atoms with Crippen molar-refractivity contribution in [3.63, 3.8) is 0 Å². The Hall–Kier alpha value is -0.0800.